The smallest absolute Gasteiger partial charge is 0.137 e. The van der Waals surface area contributed by atoms with Crippen LogP contribution in [-0.2, 0) is 4.79 Å². The molecule has 1 saturated carbocycles. The van der Waals surface area contributed by atoms with Gasteiger partial charge >= 0.3 is 0 Å². The van der Waals surface area contributed by atoms with Crippen LogP contribution in [0.4, 0.5) is 0 Å². The van der Waals surface area contributed by atoms with Gasteiger partial charge in [-0.3, -0.25) is 4.79 Å². The molecule has 0 bridgehead atoms. The van der Waals surface area contributed by atoms with E-state index in [4.69, 9.17) is 5.73 Å². The predicted molar refractivity (Wildman–Crippen MR) is 45.2 cm³/mol. The summed E-state index contributed by atoms with van der Waals surface area (Å²) >= 11 is 0. The maximum absolute atomic E-state index is 11.3. The van der Waals surface area contributed by atoms with Crippen LogP contribution >= 0.6 is 0 Å². The summed E-state index contributed by atoms with van der Waals surface area (Å²) in [7, 11) is 0. The van der Waals surface area contributed by atoms with E-state index in [1.807, 2.05) is 13.8 Å². The highest BCUT2D eigenvalue weighted by Crippen LogP contribution is 2.36. The van der Waals surface area contributed by atoms with E-state index in [-0.39, 0.29) is 11.5 Å². The minimum atomic E-state index is -0.0967. The van der Waals surface area contributed by atoms with E-state index in [2.05, 4.69) is 0 Å². The highest BCUT2D eigenvalue weighted by molar-refractivity contribution is 5.82. The van der Waals surface area contributed by atoms with Crippen LogP contribution < -0.4 is 5.73 Å². The lowest BCUT2D eigenvalue weighted by Gasteiger charge is -2.10. The third kappa shape index (κ3) is 2.29. The Balaban J connectivity index is 2.31. The zero-order valence-electron chi connectivity index (χ0n) is 7.39. The molecule has 0 aromatic rings. The van der Waals surface area contributed by atoms with Crippen LogP contribution in [0.3, 0.4) is 0 Å². The molecule has 0 aliphatic heterocycles. The van der Waals surface area contributed by atoms with Gasteiger partial charge in [0.2, 0.25) is 0 Å². The van der Waals surface area contributed by atoms with Crippen molar-refractivity contribution in [1.29, 1.82) is 0 Å². The molecule has 0 heterocycles. The standard InChI is InChI=1S/C9H17NO/c1-3-7(2)8(11)6-9(10)4-5-9/h7H,3-6,10H2,1-2H3. The Hall–Kier alpha value is -0.370. The van der Waals surface area contributed by atoms with Crippen LogP contribution in [-0.4, -0.2) is 11.3 Å². The SMILES string of the molecule is CCC(C)C(=O)CC1(N)CC1. The Bertz CT molecular complexity index is 161. The van der Waals surface area contributed by atoms with Gasteiger partial charge in [-0.2, -0.15) is 0 Å². The summed E-state index contributed by atoms with van der Waals surface area (Å²) in [6.07, 6.45) is 3.61. The van der Waals surface area contributed by atoms with E-state index in [1.165, 1.54) is 0 Å². The number of carbonyl (C=O) groups is 1. The molecular formula is C9H17NO. The molecule has 1 aliphatic carbocycles. The molecule has 1 aliphatic rings. The van der Waals surface area contributed by atoms with Gasteiger partial charge in [0, 0.05) is 17.9 Å². The predicted octanol–water partition coefficient (Wildman–Crippen LogP) is 1.48. The van der Waals surface area contributed by atoms with Gasteiger partial charge in [0.15, 0.2) is 0 Å². The van der Waals surface area contributed by atoms with Crippen LogP contribution in [0.2, 0.25) is 0 Å². The molecule has 2 N–H and O–H groups in total. The Labute approximate surface area is 68.2 Å². The number of rotatable bonds is 4. The van der Waals surface area contributed by atoms with Crippen LogP contribution in [0.25, 0.3) is 0 Å². The first-order valence-corrected chi connectivity index (χ1v) is 4.39. The average Bonchev–Trinajstić information content (AvgIpc) is 2.66. The van der Waals surface area contributed by atoms with Crippen molar-refractivity contribution in [3.63, 3.8) is 0 Å². The number of Topliss-reactive ketones (excluding diaryl/α,β-unsaturated/α-hetero) is 1. The molecule has 0 aromatic carbocycles. The average molecular weight is 155 g/mol. The first kappa shape index (κ1) is 8.72. The molecule has 64 valence electrons. The van der Waals surface area contributed by atoms with Gasteiger partial charge in [-0.05, 0) is 19.3 Å². The van der Waals surface area contributed by atoms with Crippen LogP contribution in [0.15, 0.2) is 0 Å². The first-order valence-electron chi connectivity index (χ1n) is 4.39. The van der Waals surface area contributed by atoms with Gasteiger partial charge < -0.3 is 5.73 Å². The van der Waals surface area contributed by atoms with Crippen molar-refractivity contribution in [2.24, 2.45) is 11.7 Å². The number of hydrogen-bond acceptors (Lipinski definition) is 2. The highest BCUT2D eigenvalue weighted by Gasteiger charge is 2.40. The zero-order valence-corrected chi connectivity index (χ0v) is 7.39. The molecule has 2 heteroatoms. The molecule has 0 spiro atoms. The largest absolute Gasteiger partial charge is 0.325 e. The molecule has 1 unspecified atom stereocenters. The van der Waals surface area contributed by atoms with Gasteiger partial charge in [0.25, 0.3) is 0 Å². The number of ketones is 1. The van der Waals surface area contributed by atoms with E-state index in [1.54, 1.807) is 0 Å². The Kier molecular flexibility index (Phi) is 2.33. The second kappa shape index (κ2) is 2.94. The van der Waals surface area contributed by atoms with Gasteiger partial charge in [-0.1, -0.05) is 13.8 Å². The third-order valence-corrected chi connectivity index (χ3v) is 2.58. The normalized spacial score (nSPS) is 22.8. The van der Waals surface area contributed by atoms with Gasteiger partial charge in [0.1, 0.15) is 5.78 Å². The van der Waals surface area contributed by atoms with Crippen molar-refractivity contribution in [2.45, 2.75) is 45.1 Å². The van der Waals surface area contributed by atoms with Crippen molar-refractivity contribution in [1.82, 2.24) is 0 Å². The molecule has 1 rings (SSSR count). The number of carbonyl (C=O) groups excluding carboxylic acids is 1. The second-order valence-corrected chi connectivity index (χ2v) is 3.81. The minimum Gasteiger partial charge on any atom is -0.325 e. The van der Waals surface area contributed by atoms with Crippen molar-refractivity contribution in [2.75, 3.05) is 0 Å². The first-order chi connectivity index (χ1) is 5.07. The summed E-state index contributed by atoms with van der Waals surface area (Å²) < 4.78 is 0. The number of hydrogen-bond donors (Lipinski definition) is 1. The molecular weight excluding hydrogens is 138 g/mol. The van der Waals surface area contributed by atoms with Crippen molar-refractivity contribution in [3.8, 4) is 0 Å². The van der Waals surface area contributed by atoms with Crippen LogP contribution in [0.5, 0.6) is 0 Å². The molecule has 1 fully saturated rings. The van der Waals surface area contributed by atoms with Gasteiger partial charge in [0.05, 0.1) is 0 Å². The molecule has 0 saturated heterocycles. The topological polar surface area (TPSA) is 43.1 Å². The molecule has 0 radical (unpaired) electrons. The fourth-order valence-corrected chi connectivity index (χ4v) is 1.09. The van der Waals surface area contributed by atoms with Crippen LogP contribution in [0, 0.1) is 5.92 Å². The maximum atomic E-state index is 11.3. The maximum Gasteiger partial charge on any atom is 0.137 e. The van der Waals surface area contributed by atoms with E-state index in [0.717, 1.165) is 19.3 Å². The minimum absolute atomic E-state index is 0.0967. The third-order valence-electron chi connectivity index (χ3n) is 2.58. The molecule has 11 heavy (non-hydrogen) atoms. The Morgan fingerprint density at radius 3 is 2.55 bits per heavy atom. The van der Waals surface area contributed by atoms with Gasteiger partial charge in [-0.25, -0.2) is 0 Å². The van der Waals surface area contributed by atoms with Crippen molar-refractivity contribution < 1.29 is 4.79 Å². The molecule has 2 nitrogen and oxygen atoms in total. The molecule has 1 atom stereocenters. The molecule has 0 amide bonds. The van der Waals surface area contributed by atoms with Crippen LogP contribution in [0.1, 0.15) is 39.5 Å². The summed E-state index contributed by atoms with van der Waals surface area (Å²) in [5, 5.41) is 0. The lowest BCUT2D eigenvalue weighted by molar-refractivity contribution is -0.122. The molecule has 0 aromatic heterocycles. The monoisotopic (exact) mass is 155 g/mol. The van der Waals surface area contributed by atoms with E-state index < -0.39 is 0 Å². The summed E-state index contributed by atoms with van der Waals surface area (Å²) in [5.74, 6) is 0.545. The quantitative estimate of drug-likeness (QED) is 0.668. The highest BCUT2D eigenvalue weighted by atomic mass is 16.1. The fraction of sp³-hybridized carbons (Fsp3) is 0.889. The second-order valence-electron chi connectivity index (χ2n) is 3.81. The van der Waals surface area contributed by atoms with Crippen molar-refractivity contribution in [3.05, 3.63) is 0 Å². The summed E-state index contributed by atoms with van der Waals surface area (Å²) in [6.45, 7) is 4.02. The summed E-state index contributed by atoms with van der Waals surface area (Å²) in [5.41, 5.74) is 5.72. The lowest BCUT2D eigenvalue weighted by atomic mass is 9.97. The summed E-state index contributed by atoms with van der Waals surface area (Å²) in [4.78, 5) is 11.3. The van der Waals surface area contributed by atoms with E-state index in [0.29, 0.717) is 12.2 Å². The lowest BCUT2D eigenvalue weighted by Crippen LogP contribution is -2.27. The van der Waals surface area contributed by atoms with E-state index in [9.17, 15) is 4.79 Å². The van der Waals surface area contributed by atoms with E-state index >= 15 is 0 Å². The Morgan fingerprint density at radius 2 is 2.18 bits per heavy atom. The number of nitrogens with two attached hydrogens (primary N) is 1. The fourth-order valence-electron chi connectivity index (χ4n) is 1.09. The summed E-state index contributed by atoms with van der Waals surface area (Å²) in [6, 6.07) is 0. The van der Waals surface area contributed by atoms with Crippen molar-refractivity contribution >= 4 is 5.78 Å². The van der Waals surface area contributed by atoms with Gasteiger partial charge in [-0.15, -0.1) is 0 Å². The zero-order chi connectivity index (χ0) is 8.48. The Morgan fingerprint density at radius 1 is 1.64 bits per heavy atom.